The Bertz CT molecular complexity index is 546. The van der Waals surface area contributed by atoms with Crippen LogP contribution < -0.4 is 10.6 Å². The molecule has 0 saturated heterocycles. The van der Waals surface area contributed by atoms with E-state index in [4.69, 9.17) is 5.41 Å². The predicted molar refractivity (Wildman–Crippen MR) is 118 cm³/mol. The van der Waals surface area contributed by atoms with Gasteiger partial charge >= 0.3 is 11.3 Å². The van der Waals surface area contributed by atoms with E-state index in [1.165, 1.54) is 30.7 Å². The summed E-state index contributed by atoms with van der Waals surface area (Å²) >= 11 is 0.147. The zero-order chi connectivity index (χ0) is 20.5. The molecule has 0 aliphatic heterocycles. The third-order valence-corrected chi connectivity index (χ3v) is 2.76. The lowest BCUT2D eigenvalue weighted by atomic mass is 10.2. The molecule has 0 atom stereocenters. The molecule has 1 amide bonds. The minimum absolute atomic E-state index is 0.160. The van der Waals surface area contributed by atoms with Crippen molar-refractivity contribution in [3.63, 3.8) is 0 Å². The van der Waals surface area contributed by atoms with Crippen LogP contribution in [0.4, 0.5) is 13.6 Å². The van der Waals surface area contributed by atoms with Gasteiger partial charge in [0.15, 0.2) is 0 Å². The Kier molecular flexibility index (Phi) is 18.3. The average Bonchev–Trinajstić information content (AvgIpc) is 3.35. The lowest BCUT2D eigenvalue weighted by molar-refractivity contribution is -0.109. The van der Waals surface area contributed by atoms with Gasteiger partial charge in [-0.15, -0.1) is 0 Å². The van der Waals surface area contributed by atoms with E-state index in [0.29, 0.717) is 11.6 Å². The van der Waals surface area contributed by atoms with Gasteiger partial charge in [-0.3, -0.25) is 4.79 Å². The van der Waals surface area contributed by atoms with Crippen molar-refractivity contribution in [2.45, 2.75) is 45.4 Å². The highest BCUT2D eigenvalue weighted by Gasteiger charge is 2.18. The summed E-state index contributed by atoms with van der Waals surface area (Å²) < 4.78 is 23.9. The molecule has 1 fully saturated rings. The van der Waals surface area contributed by atoms with Gasteiger partial charge in [-0.2, -0.15) is 20.3 Å². The van der Waals surface area contributed by atoms with Gasteiger partial charge in [0.1, 0.15) is 5.82 Å². The fourth-order valence-corrected chi connectivity index (χ4v) is 1.26. The number of rotatable bonds is 4. The van der Waals surface area contributed by atoms with Crippen LogP contribution in [-0.2, 0) is 4.79 Å². The molecule has 1 aromatic rings. The van der Waals surface area contributed by atoms with E-state index in [-0.39, 0.29) is 5.82 Å². The fraction of sp³-hybridized carbons (Fsp3) is 0.444. The number of nitrogens with one attached hydrogen (secondary N) is 3. The zero-order valence-electron chi connectivity index (χ0n) is 16.1. The third kappa shape index (κ3) is 21.1. The minimum Gasteiger partial charge on any atom is -0.401 e. The molecule has 26 heavy (non-hydrogen) atoms. The molecular formula is C18H29AlF2IN3O. The molecule has 146 valence electrons. The highest BCUT2D eigenvalue weighted by atomic mass is 127. The van der Waals surface area contributed by atoms with Crippen LogP contribution in [0.1, 0.15) is 32.3 Å². The van der Waals surface area contributed by atoms with E-state index in [1.807, 2.05) is 40.2 Å². The second-order valence-electron chi connectivity index (χ2n) is 5.70. The smallest absolute Gasteiger partial charge is 0.401 e. The normalized spacial score (nSPS) is 10.9. The number of carbonyl (C=O) groups excluding carboxylic acids is 1. The molecule has 0 aromatic heterocycles. The number of aryl methyl sites for hydroxylation is 1. The highest BCUT2D eigenvalue weighted by Crippen LogP contribution is 2.17. The Labute approximate surface area is 171 Å². The maximum absolute atomic E-state index is 12.7. The summed E-state index contributed by atoms with van der Waals surface area (Å²) in [5.41, 5.74) is 2.66. The van der Waals surface area contributed by atoms with E-state index in [0.717, 1.165) is 12.1 Å². The third-order valence-electron chi connectivity index (χ3n) is 2.76. The van der Waals surface area contributed by atoms with Gasteiger partial charge in [0, 0.05) is 25.0 Å². The lowest BCUT2D eigenvalue weighted by Crippen LogP contribution is -2.11. The fourth-order valence-electron chi connectivity index (χ4n) is 1.26. The van der Waals surface area contributed by atoms with Gasteiger partial charge in [-0.05, 0) is 57.4 Å². The molecule has 1 aliphatic carbocycles. The standard InChI is InChI=1S/C8H10FN.C5H9N.C4H7NO.CH3.Al.FH.HI/c1-6-3-4-7(10-2)5-8(6)9;1-5(2)3-4-6;6-3-5-4-1-2-4;;;;/h3-5,10H,1-2H3;3-4,6H,1-2H3;3-4H,1-2H2,(H,5,6);1H3;;2*1H/q;;;;+2;;/p-2. The van der Waals surface area contributed by atoms with Gasteiger partial charge in [0.2, 0.25) is 6.41 Å². The molecule has 0 heterocycles. The second-order valence-corrected chi connectivity index (χ2v) is 11.9. The molecule has 8 heteroatoms. The Morgan fingerprint density at radius 3 is 2.15 bits per heavy atom. The van der Waals surface area contributed by atoms with Crippen LogP contribution in [0, 0.1) is 18.2 Å². The summed E-state index contributed by atoms with van der Waals surface area (Å²) in [6.45, 7) is 5.67. The predicted octanol–water partition coefficient (Wildman–Crippen LogP) is 5.18. The number of benzene rings is 1. The average molecular weight is 495 g/mol. The summed E-state index contributed by atoms with van der Waals surface area (Å²) in [4.78, 5) is 9.54. The number of amides is 1. The number of halogens is 3. The molecule has 4 nitrogen and oxygen atoms in total. The Morgan fingerprint density at radius 2 is 1.92 bits per heavy atom. The number of anilines is 1. The number of hydrogen-bond acceptors (Lipinski definition) is 3. The molecule has 2 rings (SSSR count). The zero-order valence-corrected chi connectivity index (χ0v) is 19.4. The van der Waals surface area contributed by atoms with Crippen LogP contribution in [-0.4, -0.2) is 37.0 Å². The van der Waals surface area contributed by atoms with E-state index >= 15 is 0 Å². The van der Waals surface area contributed by atoms with Crippen LogP contribution in [0.25, 0.3) is 0 Å². The molecule has 1 aliphatic rings. The SMILES string of the molecule is CC(C)=CC=N.CNc1ccc(C)c(F)c1.O=CNC1CC1.[CH3][Al]([F])[I]. The van der Waals surface area contributed by atoms with Crippen molar-refractivity contribution in [3.8, 4) is 0 Å². The van der Waals surface area contributed by atoms with Crippen LogP contribution in [0.2, 0.25) is 5.79 Å². The Balaban J connectivity index is 0. The van der Waals surface area contributed by atoms with Crippen molar-refractivity contribution in [1.82, 2.24) is 5.32 Å². The first kappa shape index (κ1) is 27.2. The molecule has 0 unspecified atom stereocenters. The summed E-state index contributed by atoms with van der Waals surface area (Å²) in [6, 6.07) is 5.61. The second kappa shape index (κ2) is 17.4. The van der Waals surface area contributed by atoms with Crippen LogP contribution in [0.5, 0.6) is 0 Å². The van der Waals surface area contributed by atoms with Gasteiger partial charge in [-0.1, -0.05) is 17.4 Å². The number of hydrogen-bond donors (Lipinski definition) is 3. The van der Waals surface area contributed by atoms with Crippen molar-refractivity contribution >= 4 is 49.9 Å². The molecule has 3 N–H and O–H groups in total. The van der Waals surface area contributed by atoms with Crippen LogP contribution >= 0.6 is 20.3 Å². The van der Waals surface area contributed by atoms with Crippen molar-refractivity contribution in [2.75, 3.05) is 12.4 Å². The summed E-state index contributed by atoms with van der Waals surface area (Å²) in [5.74, 6) is 1.47. The molecule has 0 bridgehead atoms. The molecular weight excluding hydrogens is 466 g/mol. The summed E-state index contributed by atoms with van der Waals surface area (Å²) in [5, 5.41) is 12.0. The van der Waals surface area contributed by atoms with Crippen molar-refractivity contribution < 1.29 is 12.7 Å². The van der Waals surface area contributed by atoms with E-state index < -0.39 is 11.3 Å². The maximum Gasteiger partial charge on any atom is 0.594 e. The van der Waals surface area contributed by atoms with E-state index in [2.05, 4.69) is 10.6 Å². The Hall–Kier alpha value is -0.978. The topological polar surface area (TPSA) is 65.0 Å². The lowest BCUT2D eigenvalue weighted by Gasteiger charge is -2.00. The van der Waals surface area contributed by atoms with Crippen molar-refractivity contribution in [3.05, 3.63) is 41.2 Å². The highest BCUT2D eigenvalue weighted by molar-refractivity contribution is 14.1. The van der Waals surface area contributed by atoms with Crippen molar-refractivity contribution in [1.29, 1.82) is 5.41 Å². The first-order valence-corrected chi connectivity index (χ1v) is 14.0. The minimum atomic E-state index is -1.67. The van der Waals surface area contributed by atoms with Gasteiger partial charge in [0.25, 0.3) is 0 Å². The van der Waals surface area contributed by atoms with Crippen molar-refractivity contribution in [2.24, 2.45) is 0 Å². The monoisotopic (exact) mass is 495 g/mol. The molecule has 0 spiro atoms. The van der Waals surface area contributed by atoms with Gasteiger partial charge in [0.05, 0.1) is 0 Å². The summed E-state index contributed by atoms with van der Waals surface area (Å²) in [6.07, 6.45) is 6.16. The first-order valence-electron chi connectivity index (χ1n) is 8.23. The molecule has 1 aromatic carbocycles. The number of allylic oxidation sites excluding steroid dienone is 2. The van der Waals surface area contributed by atoms with Crippen LogP contribution in [0.15, 0.2) is 29.8 Å². The van der Waals surface area contributed by atoms with Gasteiger partial charge < -0.3 is 19.6 Å². The van der Waals surface area contributed by atoms with E-state index in [1.54, 1.807) is 31.9 Å². The summed E-state index contributed by atoms with van der Waals surface area (Å²) in [7, 11) is 1.77. The van der Waals surface area contributed by atoms with Gasteiger partial charge in [-0.25, -0.2) is 4.39 Å². The molecule has 0 radical (unpaired) electrons. The maximum atomic E-state index is 12.7. The van der Waals surface area contributed by atoms with Crippen LogP contribution in [0.3, 0.4) is 0 Å². The largest absolute Gasteiger partial charge is 0.594 e. The molecule has 1 saturated carbocycles. The number of carbonyl (C=O) groups is 1. The first-order chi connectivity index (χ1) is 12.2. The quantitative estimate of drug-likeness (QED) is 0.233. The Morgan fingerprint density at radius 1 is 1.38 bits per heavy atom. The van der Waals surface area contributed by atoms with E-state index in [9.17, 15) is 12.7 Å².